The van der Waals surface area contributed by atoms with Crippen LogP contribution in [0, 0.1) is 17.0 Å². The van der Waals surface area contributed by atoms with E-state index in [4.69, 9.17) is 0 Å². The van der Waals surface area contributed by atoms with E-state index in [0.717, 1.165) is 18.4 Å². The van der Waals surface area contributed by atoms with Gasteiger partial charge in [0, 0.05) is 23.7 Å². The summed E-state index contributed by atoms with van der Waals surface area (Å²) in [6.45, 7) is 10.8. The van der Waals surface area contributed by atoms with Crippen LogP contribution in [0.4, 0.5) is 17.6 Å². The summed E-state index contributed by atoms with van der Waals surface area (Å²) in [4.78, 5) is 29.8. The maximum atomic E-state index is 13.6. The maximum Gasteiger partial charge on any atom is 0.281 e. The molecule has 1 aromatic carbocycles. The Kier molecular flexibility index (Phi) is 11.9. The molecular formula is C25H31F4N5O2. The third-order valence-electron chi connectivity index (χ3n) is 4.48. The molecule has 1 amide bonds. The zero-order valence-electron chi connectivity index (χ0n) is 20.9. The Labute approximate surface area is 208 Å². The number of aliphatic imine (C=N–C) groups is 1. The van der Waals surface area contributed by atoms with E-state index in [1.54, 1.807) is 14.0 Å². The van der Waals surface area contributed by atoms with Gasteiger partial charge < -0.3 is 20.7 Å². The number of aromatic nitrogens is 1. The highest BCUT2D eigenvalue weighted by Gasteiger charge is 2.20. The molecule has 0 spiro atoms. The fraction of sp³-hybridized carbons (Fsp3) is 0.360. The molecule has 0 unspecified atom stereocenters. The van der Waals surface area contributed by atoms with Gasteiger partial charge in [0.25, 0.3) is 12.3 Å². The minimum absolute atomic E-state index is 0.139. The SMILES string of the molecule is C=N/C(C)=C(\NCNC(=O)c1cc(CNC)cnc1C(F)F)c1ccc(F)c(F)c1.CC(C)(C)C=O. The molecule has 2 rings (SSSR count). The first kappa shape index (κ1) is 30.4. The highest BCUT2D eigenvalue weighted by molar-refractivity contribution is 5.95. The molecule has 2 aromatic rings. The van der Waals surface area contributed by atoms with Crippen molar-refractivity contribution in [2.24, 2.45) is 10.4 Å². The van der Waals surface area contributed by atoms with Gasteiger partial charge in [-0.2, -0.15) is 0 Å². The minimum atomic E-state index is -2.92. The first-order chi connectivity index (χ1) is 16.8. The maximum absolute atomic E-state index is 13.6. The van der Waals surface area contributed by atoms with Crippen LogP contribution in [0.2, 0.25) is 0 Å². The molecule has 3 N–H and O–H groups in total. The van der Waals surface area contributed by atoms with Gasteiger partial charge in [-0.05, 0) is 50.5 Å². The van der Waals surface area contributed by atoms with Crippen molar-refractivity contribution in [3.8, 4) is 0 Å². The number of amides is 1. The van der Waals surface area contributed by atoms with Crippen LogP contribution in [0.25, 0.3) is 5.70 Å². The lowest BCUT2D eigenvalue weighted by Crippen LogP contribution is -2.34. The number of alkyl halides is 2. The van der Waals surface area contributed by atoms with Crippen LogP contribution in [-0.2, 0) is 11.3 Å². The molecule has 0 aliphatic rings. The van der Waals surface area contributed by atoms with Crippen LogP contribution in [0.15, 0.2) is 41.2 Å². The smallest absolute Gasteiger partial charge is 0.281 e. The molecule has 0 saturated carbocycles. The zero-order valence-corrected chi connectivity index (χ0v) is 20.9. The largest absolute Gasteiger partial charge is 0.366 e. The Morgan fingerprint density at radius 1 is 1.17 bits per heavy atom. The predicted molar refractivity (Wildman–Crippen MR) is 131 cm³/mol. The highest BCUT2D eigenvalue weighted by Crippen LogP contribution is 2.22. The van der Waals surface area contributed by atoms with Crippen LogP contribution < -0.4 is 16.0 Å². The van der Waals surface area contributed by atoms with Crippen LogP contribution in [-0.4, -0.2) is 37.6 Å². The topological polar surface area (TPSA) is 95.5 Å². The van der Waals surface area contributed by atoms with Crippen molar-refractivity contribution in [1.82, 2.24) is 20.9 Å². The van der Waals surface area contributed by atoms with Crippen LogP contribution >= 0.6 is 0 Å². The van der Waals surface area contributed by atoms with Gasteiger partial charge in [-0.25, -0.2) is 17.6 Å². The molecule has 0 atom stereocenters. The molecule has 0 fully saturated rings. The summed E-state index contributed by atoms with van der Waals surface area (Å²) in [5.41, 5.74) is 0.471. The van der Waals surface area contributed by atoms with Gasteiger partial charge in [0.2, 0.25) is 0 Å². The van der Waals surface area contributed by atoms with Crippen molar-refractivity contribution in [3.63, 3.8) is 0 Å². The summed E-state index contributed by atoms with van der Waals surface area (Å²) in [7, 11) is 1.67. The Hall–Kier alpha value is -3.60. The fourth-order valence-electron chi connectivity index (χ4n) is 2.65. The molecule has 0 bridgehead atoms. The van der Waals surface area contributed by atoms with E-state index in [9.17, 15) is 27.2 Å². The predicted octanol–water partition coefficient (Wildman–Crippen LogP) is 4.61. The van der Waals surface area contributed by atoms with E-state index in [0.29, 0.717) is 23.5 Å². The van der Waals surface area contributed by atoms with Crippen molar-refractivity contribution in [3.05, 3.63) is 70.2 Å². The summed E-state index contributed by atoms with van der Waals surface area (Å²) in [5.74, 6) is -2.83. The van der Waals surface area contributed by atoms with Crippen LogP contribution in [0.3, 0.4) is 0 Å². The minimum Gasteiger partial charge on any atom is -0.366 e. The number of rotatable bonds is 9. The second kappa shape index (κ2) is 14.1. The lowest BCUT2D eigenvalue weighted by atomic mass is 10.0. The van der Waals surface area contributed by atoms with Crippen molar-refractivity contribution >= 4 is 24.6 Å². The lowest BCUT2D eigenvalue weighted by molar-refractivity contribution is -0.113. The molecule has 196 valence electrons. The fourth-order valence-corrected chi connectivity index (χ4v) is 2.65. The van der Waals surface area contributed by atoms with E-state index in [1.807, 2.05) is 20.8 Å². The van der Waals surface area contributed by atoms with Gasteiger partial charge in [-0.3, -0.25) is 14.8 Å². The average Bonchev–Trinajstić information content (AvgIpc) is 2.83. The van der Waals surface area contributed by atoms with Gasteiger partial charge in [-0.15, -0.1) is 0 Å². The highest BCUT2D eigenvalue weighted by atomic mass is 19.3. The number of halogens is 4. The van der Waals surface area contributed by atoms with Crippen LogP contribution in [0.5, 0.6) is 0 Å². The van der Waals surface area contributed by atoms with Gasteiger partial charge in [0.15, 0.2) is 11.6 Å². The van der Waals surface area contributed by atoms with Crippen molar-refractivity contribution in [2.75, 3.05) is 13.7 Å². The second-order valence-corrected chi connectivity index (χ2v) is 8.70. The van der Waals surface area contributed by atoms with Gasteiger partial charge in [0.05, 0.1) is 23.6 Å². The first-order valence-corrected chi connectivity index (χ1v) is 10.9. The summed E-state index contributed by atoms with van der Waals surface area (Å²) < 4.78 is 53.2. The summed E-state index contributed by atoms with van der Waals surface area (Å²) in [6.07, 6.45) is -0.713. The van der Waals surface area contributed by atoms with Crippen molar-refractivity contribution < 1.29 is 27.2 Å². The number of carbonyl (C=O) groups excluding carboxylic acids is 2. The molecule has 0 aliphatic heterocycles. The molecule has 11 heteroatoms. The molecular weight excluding hydrogens is 478 g/mol. The van der Waals surface area contributed by atoms with Gasteiger partial charge in [0.1, 0.15) is 12.0 Å². The van der Waals surface area contributed by atoms with E-state index in [-0.39, 0.29) is 23.2 Å². The lowest BCUT2D eigenvalue weighted by Gasteiger charge is -2.15. The number of benzene rings is 1. The number of hydrogen-bond acceptors (Lipinski definition) is 6. The third-order valence-corrected chi connectivity index (χ3v) is 4.48. The number of hydrogen-bond donors (Lipinski definition) is 3. The Morgan fingerprint density at radius 3 is 2.31 bits per heavy atom. The molecule has 0 radical (unpaired) electrons. The van der Waals surface area contributed by atoms with E-state index >= 15 is 0 Å². The van der Waals surface area contributed by atoms with E-state index < -0.39 is 29.7 Å². The molecule has 7 nitrogen and oxygen atoms in total. The van der Waals surface area contributed by atoms with Crippen molar-refractivity contribution in [1.29, 1.82) is 0 Å². The Bertz CT molecular complexity index is 1100. The number of nitrogens with zero attached hydrogens (tertiary/aromatic N) is 2. The third kappa shape index (κ3) is 9.57. The number of allylic oxidation sites excluding steroid dienone is 1. The summed E-state index contributed by atoms with van der Waals surface area (Å²) in [5, 5.41) is 8.14. The summed E-state index contributed by atoms with van der Waals surface area (Å²) >= 11 is 0. The Morgan fingerprint density at radius 2 is 1.81 bits per heavy atom. The van der Waals surface area contributed by atoms with Crippen LogP contribution in [0.1, 0.15) is 61.3 Å². The first-order valence-electron chi connectivity index (χ1n) is 10.9. The molecule has 36 heavy (non-hydrogen) atoms. The zero-order chi connectivity index (χ0) is 27.5. The number of nitrogens with one attached hydrogen (secondary N) is 3. The van der Waals surface area contributed by atoms with E-state index in [1.165, 1.54) is 18.3 Å². The standard InChI is InChI=1S/C20H21F4N5O.C5H10O/c1-11(26-3)17(13-4-5-15(21)16(22)7-13)28-10-29-20(30)14-6-12(8-25-2)9-27-18(14)19(23)24;1-5(2,3)4-6/h4-7,9,19,25,28H,3,8,10H2,1-2H3,(H,29,30);4H,1-3H3/b17-11-;. The number of aldehydes is 1. The van der Waals surface area contributed by atoms with Gasteiger partial charge >= 0.3 is 0 Å². The summed E-state index contributed by atoms with van der Waals surface area (Å²) in [6, 6.07) is 4.59. The molecule has 1 heterocycles. The Balaban J connectivity index is 0.000000960. The van der Waals surface area contributed by atoms with Gasteiger partial charge in [-0.1, -0.05) is 20.8 Å². The second-order valence-electron chi connectivity index (χ2n) is 8.70. The van der Waals surface area contributed by atoms with E-state index in [2.05, 4.69) is 32.6 Å². The molecule has 0 saturated heterocycles. The monoisotopic (exact) mass is 509 g/mol. The quantitative estimate of drug-likeness (QED) is 0.199. The van der Waals surface area contributed by atoms with Crippen molar-refractivity contribution in [2.45, 2.75) is 40.7 Å². The normalized spacial score (nSPS) is 11.7. The molecule has 0 aliphatic carbocycles. The number of carbonyl (C=O) groups is 2. The number of pyridine rings is 1. The molecule has 1 aromatic heterocycles. The average molecular weight is 510 g/mol.